The Balaban J connectivity index is 1.54. The molecular formula is C26H27N3O3S. The summed E-state index contributed by atoms with van der Waals surface area (Å²) < 4.78 is 6.02. The number of pyridine rings is 1. The van der Waals surface area contributed by atoms with Gasteiger partial charge in [0, 0.05) is 36.6 Å². The van der Waals surface area contributed by atoms with Crippen molar-refractivity contribution in [2.45, 2.75) is 45.6 Å². The molecule has 0 radical (unpaired) electrons. The number of hydrogen-bond acceptors (Lipinski definition) is 7. The third kappa shape index (κ3) is 4.18. The van der Waals surface area contributed by atoms with E-state index in [4.69, 9.17) is 4.42 Å². The maximum absolute atomic E-state index is 13.4. The molecule has 4 heterocycles. The van der Waals surface area contributed by atoms with E-state index in [-0.39, 0.29) is 11.2 Å². The molecular weight excluding hydrogens is 434 g/mol. The molecule has 6 nitrogen and oxygen atoms in total. The number of phenolic OH excluding ortho intramolecular Hbond substituents is 1. The normalized spacial score (nSPS) is 17.0. The van der Waals surface area contributed by atoms with Gasteiger partial charge in [-0.2, -0.15) is 0 Å². The molecule has 1 atom stereocenters. The highest BCUT2D eigenvalue weighted by molar-refractivity contribution is 7.14. The lowest BCUT2D eigenvalue weighted by atomic mass is 9.91. The van der Waals surface area contributed by atoms with Gasteiger partial charge in [0.1, 0.15) is 22.6 Å². The van der Waals surface area contributed by atoms with E-state index in [1.807, 2.05) is 26.1 Å². The summed E-state index contributed by atoms with van der Waals surface area (Å²) in [6.45, 7) is 6.30. The van der Waals surface area contributed by atoms with Gasteiger partial charge in [0.2, 0.25) is 5.43 Å². The zero-order valence-corrected chi connectivity index (χ0v) is 19.7. The molecule has 3 aromatic heterocycles. The first kappa shape index (κ1) is 21.8. The first-order valence-corrected chi connectivity index (χ1v) is 12.2. The van der Waals surface area contributed by atoms with E-state index < -0.39 is 0 Å². The van der Waals surface area contributed by atoms with Gasteiger partial charge in [0.15, 0.2) is 0 Å². The monoisotopic (exact) mass is 461 g/mol. The zero-order valence-electron chi connectivity index (χ0n) is 18.9. The molecule has 1 saturated heterocycles. The number of piperidine rings is 1. The van der Waals surface area contributed by atoms with Crippen molar-refractivity contribution >= 4 is 22.3 Å². The number of nitrogens with zero attached hydrogens (tertiary/aromatic N) is 3. The third-order valence-corrected chi connectivity index (χ3v) is 7.43. The van der Waals surface area contributed by atoms with Gasteiger partial charge in [-0.3, -0.25) is 14.7 Å². The van der Waals surface area contributed by atoms with Crippen LogP contribution in [0.15, 0.2) is 52.3 Å². The van der Waals surface area contributed by atoms with Crippen molar-refractivity contribution in [3.05, 3.63) is 74.8 Å². The Bertz CT molecular complexity index is 1350. The Labute approximate surface area is 196 Å². The number of likely N-dealkylation sites (tertiary alicyclic amines) is 1. The molecule has 1 fully saturated rings. The van der Waals surface area contributed by atoms with Crippen molar-refractivity contribution in [1.82, 2.24) is 14.9 Å². The zero-order chi connectivity index (χ0) is 22.9. The second-order valence-electron chi connectivity index (χ2n) is 8.71. The highest BCUT2D eigenvalue weighted by atomic mass is 32.1. The van der Waals surface area contributed by atoms with Crippen LogP contribution in [0.3, 0.4) is 0 Å². The Morgan fingerprint density at radius 2 is 2.21 bits per heavy atom. The Morgan fingerprint density at radius 3 is 2.94 bits per heavy atom. The smallest absolute Gasteiger partial charge is 0.202 e. The Morgan fingerprint density at radius 1 is 1.33 bits per heavy atom. The Hall–Kier alpha value is -3.03. The van der Waals surface area contributed by atoms with Crippen molar-refractivity contribution in [3.8, 4) is 16.3 Å². The standard InChI is InChI=1S/C26H27N3O3S/c1-3-17-10-20-24(31)22(26-28-11-16(2)33-26)15-32-25(20)21(23(17)30)14-29-9-5-7-19(13-29)18-6-4-8-27-12-18/h4,6,8,10-12,15,19,30H,3,5,7,9,13-14H2,1-2H3. The topological polar surface area (TPSA) is 79.5 Å². The summed E-state index contributed by atoms with van der Waals surface area (Å²) in [7, 11) is 0. The van der Waals surface area contributed by atoms with Gasteiger partial charge in [0.05, 0.1) is 16.5 Å². The van der Waals surface area contributed by atoms with Crippen LogP contribution in [-0.4, -0.2) is 33.1 Å². The minimum atomic E-state index is -0.103. The molecule has 4 aromatic rings. The average Bonchev–Trinajstić information content (AvgIpc) is 3.27. The summed E-state index contributed by atoms with van der Waals surface area (Å²) in [5.74, 6) is 0.636. The lowest BCUT2D eigenvalue weighted by Crippen LogP contribution is -2.34. The SMILES string of the molecule is CCc1cc2c(=O)c(-c3ncc(C)s3)coc2c(CN2CCCC(c3cccnc3)C2)c1O. The van der Waals surface area contributed by atoms with Gasteiger partial charge in [-0.15, -0.1) is 11.3 Å². The van der Waals surface area contributed by atoms with Crippen LogP contribution in [0.1, 0.15) is 47.3 Å². The van der Waals surface area contributed by atoms with Gasteiger partial charge >= 0.3 is 0 Å². The summed E-state index contributed by atoms with van der Waals surface area (Å²) >= 11 is 1.47. The number of aromatic nitrogens is 2. The summed E-state index contributed by atoms with van der Waals surface area (Å²) in [5, 5.41) is 12.2. The second-order valence-corrected chi connectivity index (χ2v) is 9.94. The van der Waals surface area contributed by atoms with Crippen LogP contribution in [-0.2, 0) is 13.0 Å². The molecule has 5 rings (SSSR count). The molecule has 1 aliphatic rings. The predicted octanol–water partition coefficient (Wildman–Crippen LogP) is 5.27. The van der Waals surface area contributed by atoms with Crippen LogP contribution < -0.4 is 5.43 Å². The Kier molecular flexibility index (Phi) is 6.00. The molecule has 170 valence electrons. The van der Waals surface area contributed by atoms with Crippen LogP contribution in [0.25, 0.3) is 21.5 Å². The van der Waals surface area contributed by atoms with Crippen molar-refractivity contribution in [2.75, 3.05) is 13.1 Å². The van der Waals surface area contributed by atoms with Crippen LogP contribution in [0, 0.1) is 6.92 Å². The number of phenols is 1. The first-order chi connectivity index (χ1) is 16.0. The molecule has 1 unspecified atom stereocenters. The van der Waals surface area contributed by atoms with Crippen LogP contribution >= 0.6 is 11.3 Å². The minimum Gasteiger partial charge on any atom is -0.507 e. The maximum atomic E-state index is 13.4. The van der Waals surface area contributed by atoms with Gasteiger partial charge in [-0.05, 0) is 61.9 Å². The maximum Gasteiger partial charge on any atom is 0.202 e. The third-order valence-electron chi connectivity index (χ3n) is 6.49. The highest BCUT2D eigenvalue weighted by Crippen LogP contribution is 2.35. The van der Waals surface area contributed by atoms with Crippen molar-refractivity contribution in [2.24, 2.45) is 0 Å². The number of aryl methyl sites for hydroxylation is 2. The summed E-state index contributed by atoms with van der Waals surface area (Å²) in [6, 6.07) is 5.89. The molecule has 0 bridgehead atoms. The predicted molar refractivity (Wildman–Crippen MR) is 131 cm³/mol. The highest BCUT2D eigenvalue weighted by Gasteiger charge is 2.25. The van der Waals surface area contributed by atoms with E-state index in [0.29, 0.717) is 46.0 Å². The number of thiazole rings is 1. The van der Waals surface area contributed by atoms with Crippen LogP contribution in [0.5, 0.6) is 5.75 Å². The lowest BCUT2D eigenvalue weighted by molar-refractivity contribution is 0.198. The summed E-state index contributed by atoms with van der Waals surface area (Å²) in [4.78, 5) is 25.4. The molecule has 33 heavy (non-hydrogen) atoms. The fourth-order valence-corrected chi connectivity index (χ4v) is 5.51. The van der Waals surface area contributed by atoms with E-state index in [2.05, 4.69) is 20.9 Å². The summed E-state index contributed by atoms with van der Waals surface area (Å²) in [6.07, 6.45) is 9.82. The number of aromatic hydroxyl groups is 1. The fourth-order valence-electron chi connectivity index (χ4n) is 4.75. The number of fused-ring (bicyclic) bond motifs is 1. The number of hydrogen-bond donors (Lipinski definition) is 1. The lowest BCUT2D eigenvalue weighted by Gasteiger charge is -2.33. The van der Waals surface area contributed by atoms with E-state index >= 15 is 0 Å². The van der Waals surface area contributed by atoms with Gasteiger partial charge in [-0.1, -0.05) is 13.0 Å². The molecule has 0 amide bonds. The molecule has 1 N–H and O–H groups in total. The molecule has 7 heteroatoms. The number of benzene rings is 1. The first-order valence-electron chi connectivity index (χ1n) is 11.4. The molecule has 1 aromatic carbocycles. The molecule has 0 saturated carbocycles. The van der Waals surface area contributed by atoms with Crippen molar-refractivity contribution < 1.29 is 9.52 Å². The second kappa shape index (κ2) is 9.08. The van der Waals surface area contributed by atoms with Gasteiger partial charge in [-0.25, -0.2) is 4.98 Å². The number of rotatable bonds is 5. The quantitative estimate of drug-likeness (QED) is 0.436. The average molecular weight is 462 g/mol. The largest absolute Gasteiger partial charge is 0.507 e. The van der Waals surface area contributed by atoms with Crippen molar-refractivity contribution in [1.29, 1.82) is 0 Å². The van der Waals surface area contributed by atoms with Gasteiger partial charge in [0.25, 0.3) is 0 Å². The summed E-state index contributed by atoms with van der Waals surface area (Å²) in [5.41, 5.74) is 3.53. The van der Waals surface area contributed by atoms with E-state index in [0.717, 1.165) is 36.4 Å². The van der Waals surface area contributed by atoms with Crippen LogP contribution in [0.2, 0.25) is 0 Å². The van der Waals surface area contributed by atoms with Gasteiger partial charge < -0.3 is 9.52 Å². The van der Waals surface area contributed by atoms with Crippen molar-refractivity contribution in [3.63, 3.8) is 0 Å². The van der Waals surface area contributed by atoms with E-state index in [1.54, 1.807) is 18.5 Å². The molecule has 0 aliphatic carbocycles. The molecule has 0 spiro atoms. The van der Waals surface area contributed by atoms with E-state index in [1.165, 1.54) is 23.2 Å². The molecule has 1 aliphatic heterocycles. The van der Waals surface area contributed by atoms with E-state index in [9.17, 15) is 9.90 Å². The van der Waals surface area contributed by atoms with Crippen LogP contribution in [0.4, 0.5) is 0 Å². The minimum absolute atomic E-state index is 0.103. The fraction of sp³-hybridized carbons (Fsp3) is 0.346.